The van der Waals surface area contributed by atoms with Gasteiger partial charge >= 0.3 is 5.97 Å². The first-order valence-electron chi connectivity index (χ1n) is 7.41. The van der Waals surface area contributed by atoms with Crippen LogP contribution in [0.25, 0.3) is 0 Å². The zero-order chi connectivity index (χ0) is 17.5. The van der Waals surface area contributed by atoms with Gasteiger partial charge in [-0.15, -0.1) is 0 Å². The molecule has 1 heterocycles. The Morgan fingerprint density at radius 3 is 2.00 bits per heavy atom. The first kappa shape index (κ1) is 17.4. The molecule has 24 heavy (non-hydrogen) atoms. The number of carboxylic acid groups (broad SMARTS) is 1. The van der Waals surface area contributed by atoms with Crippen LogP contribution >= 0.6 is 0 Å². The van der Waals surface area contributed by atoms with Crippen LogP contribution in [0.2, 0.25) is 0 Å². The molecular weight excluding hydrogens is 308 g/mol. The number of nitrogens with zero attached hydrogens (tertiary/aromatic N) is 1. The number of carboxylic acids is 1. The summed E-state index contributed by atoms with van der Waals surface area (Å²) >= 11 is 0. The van der Waals surface area contributed by atoms with Crippen LogP contribution in [0.3, 0.4) is 0 Å². The largest absolute Gasteiger partial charge is 0.480 e. The van der Waals surface area contributed by atoms with E-state index in [1.807, 2.05) is 36.4 Å². The number of carbonyl (C=O) groups excluding carboxylic acids is 2. The van der Waals surface area contributed by atoms with Crippen molar-refractivity contribution in [3.63, 3.8) is 0 Å². The molecule has 1 saturated heterocycles. The third-order valence-electron chi connectivity index (χ3n) is 3.37. The Morgan fingerprint density at radius 2 is 1.54 bits per heavy atom. The number of hydrogen-bond acceptors (Lipinski definition) is 4. The van der Waals surface area contributed by atoms with E-state index in [2.05, 4.69) is 0 Å². The highest BCUT2D eigenvalue weighted by atomic mass is 16.4. The highest BCUT2D eigenvalue weighted by Gasteiger charge is 2.36. The first-order valence-corrected chi connectivity index (χ1v) is 7.41. The van der Waals surface area contributed by atoms with E-state index in [1.165, 1.54) is 4.90 Å². The Bertz CT molecular complexity index is 716. The molecule has 2 aromatic carbocycles. The minimum atomic E-state index is -0.959. The first-order chi connectivity index (χ1) is 11.5. The normalized spacial score (nSPS) is 13.5. The van der Waals surface area contributed by atoms with Crippen LogP contribution in [0.5, 0.6) is 0 Å². The van der Waals surface area contributed by atoms with Gasteiger partial charge in [0, 0.05) is 5.56 Å². The molecule has 3 N–H and O–H groups in total. The van der Waals surface area contributed by atoms with E-state index in [4.69, 9.17) is 10.8 Å². The molecule has 1 aliphatic heterocycles. The molecule has 6 nitrogen and oxygen atoms in total. The summed E-state index contributed by atoms with van der Waals surface area (Å²) in [7, 11) is 0. The second-order valence-corrected chi connectivity index (χ2v) is 5.29. The number of nitrogens with two attached hydrogens (primary N) is 1. The maximum Gasteiger partial charge on any atom is 0.320 e. The molecule has 0 bridgehead atoms. The summed E-state index contributed by atoms with van der Waals surface area (Å²) in [5.41, 5.74) is 6.87. The second-order valence-electron chi connectivity index (χ2n) is 5.29. The van der Waals surface area contributed by atoms with Crippen molar-refractivity contribution in [3.05, 3.63) is 71.8 Å². The number of imide groups is 1. The Balaban J connectivity index is 0.000000174. The second kappa shape index (κ2) is 8.03. The lowest BCUT2D eigenvalue weighted by atomic mass is 10.1. The number of carbonyl (C=O) groups is 3. The van der Waals surface area contributed by atoms with Crippen LogP contribution in [0.1, 0.15) is 15.9 Å². The molecule has 1 fully saturated rings. The lowest BCUT2D eigenvalue weighted by Crippen LogP contribution is -2.32. The van der Waals surface area contributed by atoms with Crippen LogP contribution in [0.15, 0.2) is 60.7 Å². The van der Waals surface area contributed by atoms with Crippen molar-refractivity contribution in [1.82, 2.24) is 4.90 Å². The van der Waals surface area contributed by atoms with E-state index in [0.29, 0.717) is 12.0 Å². The van der Waals surface area contributed by atoms with Crippen molar-refractivity contribution in [2.75, 3.05) is 6.54 Å². The van der Waals surface area contributed by atoms with Crippen molar-refractivity contribution in [3.8, 4) is 0 Å². The zero-order valence-corrected chi connectivity index (χ0v) is 13.0. The van der Waals surface area contributed by atoms with Crippen LogP contribution in [0.4, 0.5) is 0 Å². The molecule has 124 valence electrons. The van der Waals surface area contributed by atoms with Gasteiger partial charge in [-0.3, -0.25) is 19.3 Å². The maximum absolute atomic E-state index is 11.3. The Morgan fingerprint density at radius 1 is 1.04 bits per heavy atom. The highest BCUT2D eigenvalue weighted by Crippen LogP contribution is 2.13. The summed E-state index contributed by atoms with van der Waals surface area (Å²) in [4.78, 5) is 33.5. The maximum atomic E-state index is 11.3. The Kier molecular flexibility index (Phi) is 5.81. The Hall–Kier alpha value is -2.99. The zero-order valence-electron chi connectivity index (χ0n) is 13.0. The number of hydrogen-bond donors (Lipinski definition) is 2. The van der Waals surface area contributed by atoms with Crippen molar-refractivity contribution >= 4 is 17.8 Å². The van der Waals surface area contributed by atoms with Crippen LogP contribution in [-0.4, -0.2) is 40.4 Å². The molecule has 1 aliphatic rings. The van der Waals surface area contributed by atoms with Crippen molar-refractivity contribution < 1.29 is 19.5 Å². The van der Waals surface area contributed by atoms with Gasteiger partial charge in [0.1, 0.15) is 12.6 Å². The van der Waals surface area contributed by atoms with E-state index in [1.54, 1.807) is 24.3 Å². The fourth-order valence-electron chi connectivity index (χ4n) is 1.98. The lowest BCUT2D eigenvalue weighted by Gasteiger charge is -2.04. The molecule has 2 amide bonds. The monoisotopic (exact) mass is 326 g/mol. The average molecular weight is 326 g/mol. The Labute approximate surface area is 139 Å². The van der Waals surface area contributed by atoms with Gasteiger partial charge < -0.3 is 10.8 Å². The molecule has 0 aromatic heterocycles. The standard InChI is InChI=1S/C9H7NO2.C9H11NO2/c11-8-6-10(8)9(12)7-4-2-1-3-5-7;10-8(9(11)12)6-7-4-2-1-3-5-7/h1-5H,6H2;1-5,8H,6,10H2,(H,11,12)/t;8-/m.0/s1. The third kappa shape index (κ3) is 5.03. The van der Waals surface area contributed by atoms with Gasteiger partial charge in [-0.1, -0.05) is 48.5 Å². The van der Waals surface area contributed by atoms with Crippen molar-refractivity contribution in [2.45, 2.75) is 12.5 Å². The fourth-order valence-corrected chi connectivity index (χ4v) is 1.98. The summed E-state index contributed by atoms with van der Waals surface area (Å²) in [6, 6.07) is 17.3. The van der Waals surface area contributed by atoms with Crippen LogP contribution in [-0.2, 0) is 16.0 Å². The summed E-state index contributed by atoms with van der Waals surface area (Å²) in [6.07, 6.45) is 0.385. The summed E-state index contributed by atoms with van der Waals surface area (Å²) in [5, 5.41) is 8.52. The minimum Gasteiger partial charge on any atom is -0.480 e. The van der Waals surface area contributed by atoms with Crippen LogP contribution < -0.4 is 5.73 Å². The molecule has 6 heteroatoms. The molecular formula is C18H18N2O4. The molecule has 2 aromatic rings. The highest BCUT2D eigenvalue weighted by molar-refractivity contribution is 6.14. The summed E-state index contributed by atoms with van der Waals surface area (Å²) in [5.74, 6) is -1.25. The summed E-state index contributed by atoms with van der Waals surface area (Å²) < 4.78 is 0. The van der Waals surface area contributed by atoms with Gasteiger partial charge in [-0.05, 0) is 24.1 Å². The van der Waals surface area contributed by atoms with E-state index >= 15 is 0 Å². The predicted octanol–water partition coefficient (Wildman–Crippen LogP) is 1.31. The third-order valence-corrected chi connectivity index (χ3v) is 3.37. The fraction of sp³-hybridized carbons (Fsp3) is 0.167. The SMILES string of the molecule is N[C@@H](Cc1ccccc1)C(=O)O.O=C1CN1C(=O)c1ccccc1. The molecule has 1 atom stereocenters. The predicted molar refractivity (Wildman–Crippen MR) is 88.2 cm³/mol. The number of aliphatic carboxylic acids is 1. The van der Waals surface area contributed by atoms with E-state index in [-0.39, 0.29) is 18.4 Å². The minimum absolute atomic E-state index is 0.0937. The van der Waals surface area contributed by atoms with E-state index in [9.17, 15) is 14.4 Å². The van der Waals surface area contributed by atoms with Gasteiger partial charge in [0.25, 0.3) is 5.91 Å². The van der Waals surface area contributed by atoms with Gasteiger partial charge in [-0.25, -0.2) is 0 Å². The van der Waals surface area contributed by atoms with Crippen molar-refractivity contribution in [1.29, 1.82) is 0 Å². The van der Waals surface area contributed by atoms with Crippen molar-refractivity contribution in [2.24, 2.45) is 5.73 Å². The molecule has 0 radical (unpaired) electrons. The lowest BCUT2D eigenvalue weighted by molar-refractivity contribution is -0.138. The smallest absolute Gasteiger partial charge is 0.320 e. The van der Waals surface area contributed by atoms with E-state index in [0.717, 1.165) is 5.56 Å². The van der Waals surface area contributed by atoms with E-state index < -0.39 is 12.0 Å². The summed E-state index contributed by atoms with van der Waals surface area (Å²) in [6.45, 7) is 0.272. The topological polar surface area (TPSA) is 100 Å². The van der Waals surface area contributed by atoms with Gasteiger partial charge in [0.05, 0.1) is 0 Å². The van der Waals surface area contributed by atoms with Gasteiger partial charge in [-0.2, -0.15) is 0 Å². The number of rotatable bonds is 4. The van der Waals surface area contributed by atoms with Gasteiger partial charge in [0.15, 0.2) is 0 Å². The average Bonchev–Trinajstić information content (AvgIpc) is 3.33. The van der Waals surface area contributed by atoms with Crippen LogP contribution in [0, 0.1) is 0 Å². The molecule has 3 rings (SSSR count). The molecule has 0 aliphatic carbocycles. The molecule has 0 saturated carbocycles. The number of amides is 2. The molecule has 0 spiro atoms. The molecule has 0 unspecified atom stereocenters. The van der Waals surface area contributed by atoms with Gasteiger partial charge in [0.2, 0.25) is 5.91 Å². The number of benzene rings is 2. The quantitative estimate of drug-likeness (QED) is 0.652.